The van der Waals surface area contributed by atoms with Crippen LogP contribution in [0.3, 0.4) is 0 Å². The van der Waals surface area contributed by atoms with Gasteiger partial charge in [-0.2, -0.15) is 13.2 Å². The molecule has 1 aromatic carbocycles. The molecule has 1 aliphatic heterocycles. The van der Waals surface area contributed by atoms with E-state index in [9.17, 15) is 22.8 Å². The first-order valence-corrected chi connectivity index (χ1v) is 8.27. The Bertz CT molecular complexity index is 661. The standard InChI is InChI=1S/C18H20F3NO3/c1-25-16(24)14-11-17(14)6-8-22(9-7-17)15(23)10-12-2-4-13(5-3-12)18(19,20)21/h2-5,14H,6-11H2,1H3/t14-/m0/s1. The average Bonchev–Trinajstić information content (AvgIpc) is 3.27. The highest BCUT2D eigenvalue weighted by Crippen LogP contribution is 2.59. The first-order valence-electron chi connectivity index (χ1n) is 8.27. The third-order valence-corrected chi connectivity index (χ3v) is 5.42. The fraction of sp³-hybridized carbons (Fsp3) is 0.556. The summed E-state index contributed by atoms with van der Waals surface area (Å²) in [6, 6.07) is 4.69. The van der Waals surface area contributed by atoms with Crippen LogP contribution in [-0.2, 0) is 26.9 Å². The fourth-order valence-electron chi connectivity index (χ4n) is 3.68. The van der Waals surface area contributed by atoms with Gasteiger partial charge in [0.25, 0.3) is 0 Å². The molecule has 0 unspecified atom stereocenters. The summed E-state index contributed by atoms with van der Waals surface area (Å²) in [4.78, 5) is 25.7. The zero-order chi connectivity index (χ0) is 18.2. The Morgan fingerprint density at radius 1 is 1.20 bits per heavy atom. The molecule has 1 saturated heterocycles. The van der Waals surface area contributed by atoms with Gasteiger partial charge in [0.2, 0.25) is 5.91 Å². The van der Waals surface area contributed by atoms with Gasteiger partial charge in [-0.15, -0.1) is 0 Å². The summed E-state index contributed by atoms with van der Waals surface area (Å²) in [5, 5.41) is 0. The molecule has 1 heterocycles. The Morgan fingerprint density at radius 3 is 2.32 bits per heavy atom. The van der Waals surface area contributed by atoms with Crippen LogP contribution >= 0.6 is 0 Å². The molecule has 1 atom stereocenters. The number of alkyl halides is 3. The van der Waals surface area contributed by atoms with Crippen molar-refractivity contribution in [2.75, 3.05) is 20.2 Å². The fourth-order valence-corrected chi connectivity index (χ4v) is 3.68. The van der Waals surface area contributed by atoms with Crippen LogP contribution in [0.1, 0.15) is 30.4 Å². The number of benzene rings is 1. The highest BCUT2D eigenvalue weighted by molar-refractivity contribution is 5.79. The number of likely N-dealkylation sites (tertiary alicyclic amines) is 1. The number of hydrogen-bond acceptors (Lipinski definition) is 3. The van der Waals surface area contributed by atoms with E-state index >= 15 is 0 Å². The minimum atomic E-state index is -4.37. The normalized spacial score (nSPS) is 21.9. The van der Waals surface area contributed by atoms with Crippen LogP contribution in [0.2, 0.25) is 0 Å². The first kappa shape index (κ1) is 17.8. The minimum Gasteiger partial charge on any atom is -0.469 e. The maximum atomic E-state index is 12.6. The molecule has 0 radical (unpaired) electrons. The maximum absolute atomic E-state index is 12.6. The second-order valence-electron chi connectivity index (χ2n) is 6.89. The first-order chi connectivity index (χ1) is 11.7. The van der Waals surface area contributed by atoms with Crippen molar-refractivity contribution in [1.82, 2.24) is 4.90 Å². The predicted octanol–water partition coefficient (Wildman–Crippen LogP) is 3.05. The topological polar surface area (TPSA) is 46.6 Å². The molecule has 25 heavy (non-hydrogen) atoms. The van der Waals surface area contributed by atoms with Gasteiger partial charge in [-0.25, -0.2) is 0 Å². The SMILES string of the molecule is COC(=O)[C@@H]1CC12CCN(C(=O)Cc1ccc(C(F)(F)F)cc1)CC2. The molecule has 2 fully saturated rings. The van der Waals surface area contributed by atoms with Crippen molar-refractivity contribution in [3.05, 3.63) is 35.4 Å². The predicted molar refractivity (Wildman–Crippen MR) is 83.5 cm³/mol. The Kier molecular flexibility index (Phi) is 4.51. The number of piperidine rings is 1. The van der Waals surface area contributed by atoms with Crippen molar-refractivity contribution in [2.24, 2.45) is 11.3 Å². The molecule has 1 aromatic rings. The van der Waals surface area contributed by atoms with E-state index in [1.165, 1.54) is 19.2 Å². The van der Waals surface area contributed by atoms with Gasteiger partial charge in [-0.1, -0.05) is 12.1 Å². The monoisotopic (exact) mass is 355 g/mol. The lowest BCUT2D eigenvalue weighted by atomic mass is 9.90. The van der Waals surface area contributed by atoms with Gasteiger partial charge < -0.3 is 9.64 Å². The largest absolute Gasteiger partial charge is 0.469 e. The van der Waals surface area contributed by atoms with Crippen LogP contribution < -0.4 is 0 Å². The van der Waals surface area contributed by atoms with E-state index in [-0.39, 0.29) is 29.6 Å². The second kappa shape index (κ2) is 6.35. The second-order valence-corrected chi connectivity index (χ2v) is 6.89. The van der Waals surface area contributed by atoms with Crippen molar-refractivity contribution in [3.8, 4) is 0 Å². The molecular weight excluding hydrogens is 335 g/mol. The van der Waals surface area contributed by atoms with Gasteiger partial charge in [0.05, 0.1) is 25.0 Å². The smallest absolute Gasteiger partial charge is 0.416 e. The molecule has 1 saturated carbocycles. The third-order valence-electron chi connectivity index (χ3n) is 5.42. The Labute approximate surface area is 143 Å². The molecule has 0 N–H and O–H groups in total. The molecule has 136 valence electrons. The van der Waals surface area contributed by atoms with E-state index in [1.807, 2.05) is 0 Å². The summed E-state index contributed by atoms with van der Waals surface area (Å²) in [6.07, 6.45) is -1.92. The molecule has 2 aliphatic rings. The highest BCUT2D eigenvalue weighted by atomic mass is 19.4. The zero-order valence-corrected chi connectivity index (χ0v) is 13.9. The van der Waals surface area contributed by atoms with E-state index in [0.29, 0.717) is 18.7 Å². The van der Waals surface area contributed by atoms with Crippen molar-refractivity contribution in [2.45, 2.75) is 31.9 Å². The highest BCUT2D eigenvalue weighted by Gasteiger charge is 2.59. The number of carbonyl (C=O) groups excluding carboxylic acids is 2. The summed E-state index contributed by atoms with van der Waals surface area (Å²) in [7, 11) is 1.39. The Balaban J connectivity index is 1.53. The van der Waals surface area contributed by atoms with E-state index in [4.69, 9.17) is 4.74 Å². The number of hydrogen-bond donors (Lipinski definition) is 0. The third kappa shape index (κ3) is 3.65. The lowest BCUT2D eigenvalue weighted by Crippen LogP contribution is -2.40. The van der Waals surface area contributed by atoms with Gasteiger partial charge in [-0.05, 0) is 42.4 Å². The van der Waals surface area contributed by atoms with Crippen molar-refractivity contribution in [3.63, 3.8) is 0 Å². The number of esters is 1. The summed E-state index contributed by atoms with van der Waals surface area (Å²) < 4.78 is 42.5. The molecule has 0 aromatic heterocycles. The molecule has 1 aliphatic carbocycles. The summed E-state index contributed by atoms with van der Waals surface area (Å²) in [5.74, 6) is -0.320. The number of halogens is 3. The number of ether oxygens (including phenoxy) is 1. The molecular formula is C18H20F3NO3. The van der Waals surface area contributed by atoms with Crippen LogP contribution in [0.25, 0.3) is 0 Å². The van der Waals surface area contributed by atoms with Crippen LogP contribution in [0.4, 0.5) is 13.2 Å². The van der Waals surface area contributed by atoms with Gasteiger partial charge in [0, 0.05) is 13.1 Å². The molecule has 1 spiro atoms. The lowest BCUT2D eigenvalue weighted by molar-refractivity contribution is -0.143. The zero-order valence-electron chi connectivity index (χ0n) is 13.9. The number of amides is 1. The summed E-state index contributed by atoms with van der Waals surface area (Å²) in [6.45, 7) is 1.15. The summed E-state index contributed by atoms with van der Waals surface area (Å²) >= 11 is 0. The number of methoxy groups -OCH3 is 1. The molecule has 3 rings (SSSR count). The average molecular weight is 355 g/mol. The lowest BCUT2D eigenvalue weighted by Gasteiger charge is -2.32. The molecule has 7 heteroatoms. The molecule has 1 amide bonds. The van der Waals surface area contributed by atoms with Gasteiger partial charge >= 0.3 is 12.1 Å². The molecule has 4 nitrogen and oxygen atoms in total. The Morgan fingerprint density at radius 2 is 1.80 bits per heavy atom. The van der Waals surface area contributed by atoms with Crippen molar-refractivity contribution < 1.29 is 27.5 Å². The Hall–Kier alpha value is -2.05. The quantitative estimate of drug-likeness (QED) is 0.783. The van der Waals surface area contributed by atoms with Crippen LogP contribution in [0.15, 0.2) is 24.3 Å². The number of nitrogens with zero attached hydrogens (tertiary/aromatic N) is 1. The van der Waals surface area contributed by atoms with Crippen molar-refractivity contribution in [1.29, 1.82) is 0 Å². The van der Waals surface area contributed by atoms with Gasteiger partial charge in [-0.3, -0.25) is 9.59 Å². The van der Waals surface area contributed by atoms with E-state index < -0.39 is 11.7 Å². The van der Waals surface area contributed by atoms with Crippen LogP contribution in [0, 0.1) is 11.3 Å². The van der Waals surface area contributed by atoms with E-state index in [0.717, 1.165) is 31.4 Å². The van der Waals surface area contributed by atoms with Crippen LogP contribution in [-0.4, -0.2) is 37.0 Å². The number of carbonyl (C=O) groups is 2. The van der Waals surface area contributed by atoms with Crippen LogP contribution in [0.5, 0.6) is 0 Å². The maximum Gasteiger partial charge on any atom is 0.416 e. The van der Waals surface area contributed by atoms with Gasteiger partial charge in [0.1, 0.15) is 0 Å². The minimum absolute atomic E-state index is 0.0156. The van der Waals surface area contributed by atoms with Gasteiger partial charge in [0.15, 0.2) is 0 Å². The van der Waals surface area contributed by atoms with E-state index in [2.05, 4.69) is 0 Å². The van der Waals surface area contributed by atoms with Crippen molar-refractivity contribution >= 4 is 11.9 Å². The molecule has 0 bridgehead atoms. The number of rotatable bonds is 3. The van der Waals surface area contributed by atoms with E-state index in [1.54, 1.807) is 4.90 Å². The summed E-state index contributed by atoms with van der Waals surface area (Å²) in [5.41, 5.74) is -0.165.